The Hall–Kier alpha value is -4.51. The quantitative estimate of drug-likeness (QED) is 0.128. The molecule has 4 rings (SSSR count). The van der Waals surface area contributed by atoms with Crippen molar-refractivity contribution < 1.29 is 38.5 Å². The summed E-state index contributed by atoms with van der Waals surface area (Å²) in [7, 11) is 2.49. The lowest BCUT2D eigenvalue weighted by atomic mass is 9.94. The maximum Gasteiger partial charge on any atom is 0.350 e. The van der Waals surface area contributed by atoms with Crippen molar-refractivity contribution in [1.82, 2.24) is 4.98 Å². The van der Waals surface area contributed by atoms with Gasteiger partial charge in [-0.25, -0.2) is 14.6 Å². The molecule has 10 nitrogen and oxygen atoms in total. The molecule has 0 radical (unpaired) electrons. The highest BCUT2D eigenvalue weighted by molar-refractivity contribution is 7.17. The number of amides is 1. The minimum Gasteiger partial charge on any atom is -0.507 e. The van der Waals surface area contributed by atoms with Crippen LogP contribution in [0.3, 0.4) is 0 Å². The lowest BCUT2D eigenvalue weighted by Crippen LogP contribution is -2.29. The second kappa shape index (κ2) is 12.1. The Morgan fingerprint density at radius 1 is 1.02 bits per heavy atom. The Balaban J connectivity index is 1.87. The van der Waals surface area contributed by atoms with E-state index in [0.717, 1.165) is 29.1 Å². The highest BCUT2D eigenvalue weighted by Crippen LogP contribution is 2.44. The van der Waals surface area contributed by atoms with Crippen molar-refractivity contribution in [2.45, 2.75) is 32.7 Å². The van der Waals surface area contributed by atoms with E-state index in [-0.39, 0.29) is 26.7 Å². The molecule has 1 unspecified atom stereocenters. The fourth-order valence-corrected chi connectivity index (χ4v) is 5.27. The van der Waals surface area contributed by atoms with Crippen LogP contribution in [0.25, 0.3) is 5.76 Å². The number of methoxy groups -OCH3 is 2. The number of aliphatic hydroxyl groups is 1. The van der Waals surface area contributed by atoms with E-state index in [1.54, 1.807) is 43.3 Å². The third-order valence-corrected chi connectivity index (χ3v) is 7.46. The molecular weight excluding hydrogens is 536 g/mol. The Labute approximate surface area is 234 Å². The van der Waals surface area contributed by atoms with Gasteiger partial charge in [-0.15, -0.1) is 0 Å². The monoisotopic (exact) mass is 564 g/mol. The Kier molecular flexibility index (Phi) is 8.64. The van der Waals surface area contributed by atoms with Crippen molar-refractivity contribution in [1.29, 1.82) is 0 Å². The maximum absolute atomic E-state index is 13.5. The van der Waals surface area contributed by atoms with Crippen molar-refractivity contribution in [3.05, 3.63) is 81.4 Å². The number of ketones is 1. The third-order valence-electron chi connectivity index (χ3n) is 6.33. The summed E-state index contributed by atoms with van der Waals surface area (Å²) < 4.78 is 15.3. The summed E-state index contributed by atoms with van der Waals surface area (Å²) in [6.07, 6.45) is 1.80. The van der Waals surface area contributed by atoms with Crippen LogP contribution in [-0.2, 0) is 19.1 Å². The van der Waals surface area contributed by atoms with Gasteiger partial charge >= 0.3 is 17.8 Å². The number of carbonyl (C=O) groups excluding carboxylic acids is 4. The number of hydrogen-bond donors (Lipinski definition) is 1. The molecule has 1 aliphatic heterocycles. The Morgan fingerprint density at radius 2 is 1.73 bits per heavy atom. The van der Waals surface area contributed by atoms with Gasteiger partial charge in [0.15, 0.2) is 5.13 Å². The number of anilines is 1. The van der Waals surface area contributed by atoms with E-state index < -0.39 is 35.4 Å². The molecule has 2 heterocycles. The molecule has 1 aromatic heterocycles. The first-order valence-electron chi connectivity index (χ1n) is 12.5. The molecule has 0 spiro atoms. The minimum absolute atomic E-state index is 0.0812. The molecule has 0 saturated carbocycles. The second-order valence-corrected chi connectivity index (χ2v) is 9.89. The van der Waals surface area contributed by atoms with Crippen molar-refractivity contribution in [3.8, 4) is 5.75 Å². The lowest BCUT2D eigenvalue weighted by Gasteiger charge is -2.23. The van der Waals surface area contributed by atoms with Crippen molar-refractivity contribution in [3.63, 3.8) is 0 Å². The number of aromatic nitrogens is 1. The second-order valence-electron chi connectivity index (χ2n) is 8.92. The van der Waals surface area contributed by atoms with Gasteiger partial charge < -0.3 is 19.3 Å². The number of rotatable bonds is 9. The molecule has 1 fully saturated rings. The van der Waals surface area contributed by atoms with Crippen LogP contribution in [0.5, 0.6) is 5.75 Å². The number of carbonyl (C=O) groups is 4. The highest BCUT2D eigenvalue weighted by Gasteiger charge is 2.48. The summed E-state index contributed by atoms with van der Waals surface area (Å²) in [4.78, 5) is 56.8. The fraction of sp³-hybridized carbons (Fsp3) is 0.276. The molecule has 40 heavy (non-hydrogen) atoms. The largest absolute Gasteiger partial charge is 0.507 e. The zero-order chi connectivity index (χ0) is 29.0. The topological polar surface area (TPSA) is 132 Å². The number of esters is 2. The predicted octanol–water partition coefficient (Wildman–Crippen LogP) is 4.83. The van der Waals surface area contributed by atoms with E-state index in [0.29, 0.717) is 23.6 Å². The van der Waals surface area contributed by atoms with Gasteiger partial charge in [-0.05, 0) is 43.2 Å². The van der Waals surface area contributed by atoms with Gasteiger partial charge in [0.05, 0.1) is 43.7 Å². The summed E-state index contributed by atoms with van der Waals surface area (Å²) in [5.41, 5.74) is 1.13. The van der Waals surface area contributed by atoms with E-state index in [4.69, 9.17) is 14.2 Å². The fourth-order valence-electron chi connectivity index (χ4n) is 4.25. The van der Waals surface area contributed by atoms with E-state index in [9.17, 15) is 24.3 Å². The molecular formula is C29H28N2O8S. The van der Waals surface area contributed by atoms with Crippen molar-refractivity contribution in [2.75, 3.05) is 25.7 Å². The van der Waals surface area contributed by atoms with E-state index in [2.05, 4.69) is 4.98 Å². The molecule has 1 N–H and O–H groups in total. The van der Waals surface area contributed by atoms with Gasteiger partial charge in [-0.2, -0.15) is 0 Å². The average Bonchev–Trinajstić information content (AvgIpc) is 3.48. The predicted molar refractivity (Wildman–Crippen MR) is 148 cm³/mol. The van der Waals surface area contributed by atoms with E-state index >= 15 is 0 Å². The Morgan fingerprint density at radius 3 is 2.38 bits per heavy atom. The summed E-state index contributed by atoms with van der Waals surface area (Å²) >= 11 is 0.897. The van der Waals surface area contributed by atoms with Crippen LogP contribution < -0.4 is 9.64 Å². The van der Waals surface area contributed by atoms with Gasteiger partial charge in [0.1, 0.15) is 16.4 Å². The number of aliphatic hydroxyl groups excluding tert-OH is 1. The van der Waals surface area contributed by atoms with Crippen molar-refractivity contribution in [2.24, 2.45) is 0 Å². The number of benzene rings is 2. The van der Waals surface area contributed by atoms with Crippen LogP contribution in [0.2, 0.25) is 0 Å². The van der Waals surface area contributed by atoms with Crippen LogP contribution in [0.1, 0.15) is 62.7 Å². The van der Waals surface area contributed by atoms with Gasteiger partial charge in [0.2, 0.25) is 0 Å². The number of nitrogens with zero attached hydrogens (tertiary/aromatic N) is 2. The lowest BCUT2D eigenvalue weighted by molar-refractivity contribution is -0.132. The Bertz CT molecular complexity index is 1490. The summed E-state index contributed by atoms with van der Waals surface area (Å²) in [5, 5.41) is 11.5. The van der Waals surface area contributed by atoms with Crippen molar-refractivity contribution >= 4 is 45.9 Å². The zero-order valence-electron chi connectivity index (χ0n) is 22.4. The standard InChI is InChI=1S/C29H28N2O8S/c1-5-6-14-39-20-9-7-8-19(15-20)23(32)21-22(17-10-12-18(13-11-17)27(35)37-3)31(26(34)24(21)33)29-30-16(2)25(40-29)28(36)38-4/h7-13,15,22,32H,5-6,14H2,1-4H3. The normalized spacial score (nSPS) is 16.2. The molecule has 3 aromatic rings. The molecule has 2 aromatic carbocycles. The smallest absolute Gasteiger partial charge is 0.350 e. The zero-order valence-corrected chi connectivity index (χ0v) is 23.2. The first kappa shape index (κ1) is 28.5. The number of thiazole rings is 1. The molecule has 11 heteroatoms. The molecule has 0 aliphatic carbocycles. The van der Waals surface area contributed by atoms with Crippen LogP contribution in [0.15, 0.2) is 54.1 Å². The maximum atomic E-state index is 13.5. The first-order chi connectivity index (χ1) is 19.2. The molecule has 0 bridgehead atoms. The number of unbranched alkanes of at least 4 members (excludes halogenated alkanes) is 1. The van der Waals surface area contributed by atoms with Gasteiger partial charge in [0.25, 0.3) is 5.78 Å². The molecule has 208 valence electrons. The molecule has 1 atom stereocenters. The van der Waals surface area contributed by atoms with Gasteiger partial charge in [-0.3, -0.25) is 14.5 Å². The summed E-state index contributed by atoms with van der Waals surface area (Å²) in [6.45, 7) is 4.12. The number of Topliss-reactive ketones (excluding diaryl/α,β-unsaturated/α-hetero) is 1. The highest BCUT2D eigenvalue weighted by atomic mass is 32.1. The number of aryl methyl sites for hydroxylation is 1. The number of ether oxygens (including phenoxy) is 3. The number of hydrogen-bond acceptors (Lipinski definition) is 10. The molecule has 1 amide bonds. The van der Waals surface area contributed by atoms with Crippen LogP contribution in [0, 0.1) is 6.92 Å². The minimum atomic E-state index is -1.10. The van der Waals surface area contributed by atoms with Crippen LogP contribution in [0.4, 0.5) is 5.13 Å². The summed E-state index contributed by atoms with van der Waals surface area (Å²) in [6, 6.07) is 11.6. The summed E-state index contributed by atoms with van der Waals surface area (Å²) in [5.74, 6) is -2.93. The first-order valence-corrected chi connectivity index (χ1v) is 13.3. The molecule has 1 aliphatic rings. The van der Waals surface area contributed by atoms with Crippen LogP contribution in [-0.4, -0.2) is 54.5 Å². The average molecular weight is 565 g/mol. The van der Waals surface area contributed by atoms with Gasteiger partial charge in [0, 0.05) is 5.56 Å². The third kappa shape index (κ3) is 5.46. The van der Waals surface area contributed by atoms with Crippen LogP contribution >= 0.6 is 11.3 Å². The van der Waals surface area contributed by atoms with Gasteiger partial charge in [-0.1, -0.05) is 48.9 Å². The van der Waals surface area contributed by atoms with E-state index in [1.165, 1.54) is 26.4 Å². The SMILES string of the molecule is CCCCOc1cccc(C(O)=C2C(=O)C(=O)N(c3nc(C)c(C(=O)OC)s3)C2c2ccc(C(=O)OC)cc2)c1. The van der Waals surface area contributed by atoms with E-state index in [1.807, 2.05) is 6.92 Å². The molecule has 1 saturated heterocycles.